The minimum atomic E-state index is -0.857. The van der Waals surface area contributed by atoms with Crippen molar-refractivity contribution >= 4 is 5.97 Å². The number of carbonyl (C=O) groups is 1. The Labute approximate surface area is 107 Å². The van der Waals surface area contributed by atoms with Gasteiger partial charge in [0.05, 0.1) is 0 Å². The monoisotopic (exact) mass is 245 g/mol. The van der Waals surface area contributed by atoms with Crippen LogP contribution >= 0.6 is 0 Å². The van der Waals surface area contributed by atoms with Crippen LogP contribution in [0.4, 0.5) is 0 Å². The van der Waals surface area contributed by atoms with E-state index in [-0.39, 0.29) is 0 Å². The molecule has 3 nitrogen and oxygen atoms in total. The van der Waals surface area contributed by atoms with Crippen molar-refractivity contribution in [3.8, 4) is 0 Å². The van der Waals surface area contributed by atoms with Gasteiger partial charge in [-0.05, 0) is 42.7 Å². The van der Waals surface area contributed by atoms with Gasteiger partial charge in [-0.15, -0.1) is 0 Å². The molecule has 0 heterocycles. The summed E-state index contributed by atoms with van der Waals surface area (Å²) >= 11 is 0. The molecule has 1 aromatic rings. The van der Waals surface area contributed by atoms with Crippen molar-refractivity contribution in [1.29, 1.82) is 0 Å². The maximum atomic E-state index is 11.8. The van der Waals surface area contributed by atoms with E-state index in [0.29, 0.717) is 18.4 Å². The van der Waals surface area contributed by atoms with Gasteiger partial charge in [-0.3, -0.25) is 5.32 Å². The first-order chi connectivity index (χ1) is 8.63. The van der Waals surface area contributed by atoms with Crippen molar-refractivity contribution in [3.63, 3.8) is 0 Å². The average molecular weight is 245 g/mol. The van der Waals surface area contributed by atoms with Crippen molar-refractivity contribution in [3.05, 3.63) is 35.4 Å². The van der Waals surface area contributed by atoms with Gasteiger partial charge >= 0.3 is 5.97 Å². The Bertz CT molecular complexity index is 481. The molecule has 0 saturated heterocycles. The summed E-state index contributed by atoms with van der Waals surface area (Å²) in [6.07, 6.45) is 3.83. The van der Waals surface area contributed by atoms with E-state index < -0.39 is 11.5 Å². The Balaban J connectivity index is 2.09. The first kappa shape index (κ1) is 11.7. The summed E-state index contributed by atoms with van der Waals surface area (Å²) in [6.45, 7) is 2.18. The Morgan fingerprint density at radius 1 is 1.33 bits per heavy atom. The molecular formula is C15H19NO2. The van der Waals surface area contributed by atoms with E-state index in [4.69, 9.17) is 0 Å². The van der Waals surface area contributed by atoms with Crippen LogP contribution in [0.2, 0.25) is 0 Å². The van der Waals surface area contributed by atoms with E-state index in [2.05, 4.69) is 18.3 Å². The van der Waals surface area contributed by atoms with Crippen molar-refractivity contribution < 1.29 is 9.90 Å². The molecule has 0 bridgehead atoms. The van der Waals surface area contributed by atoms with E-state index in [1.165, 1.54) is 5.56 Å². The molecular weight excluding hydrogens is 226 g/mol. The molecule has 2 unspecified atom stereocenters. The molecule has 0 aliphatic heterocycles. The second kappa shape index (κ2) is 4.09. The molecule has 2 aliphatic rings. The third kappa shape index (κ3) is 1.74. The van der Waals surface area contributed by atoms with E-state index >= 15 is 0 Å². The van der Waals surface area contributed by atoms with Gasteiger partial charge in [-0.25, -0.2) is 4.79 Å². The van der Waals surface area contributed by atoms with Crippen LogP contribution in [0.15, 0.2) is 24.3 Å². The van der Waals surface area contributed by atoms with Crippen molar-refractivity contribution in [2.75, 3.05) is 0 Å². The summed E-state index contributed by atoms with van der Waals surface area (Å²) in [5.41, 5.74) is 1.31. The highest BCUT2D eigenvalue weighted by Gasteiger charge is 2.47. The maximum absolute atomic E-state index is 11.8. The van der Waals surface area contributed by atoms with Crippen LogP contribution in [0, 0.1) is 0 Å². The fourth-order valence-electron chi connectivity index (χ4n) is 3.05. The highest BCUT2D eigenvalue weighted by Crippen LogP contribution is 2.43. The molecule has 1 fully saturated rings. The van der Waals surface area contributed by atoms with Gasteiger partial charge in [0, 0.05) is 6.04 Å². The van der Waals surface area contributed by atoms with Gasteiger partial charge in [-0.2, -0.15) is 0 Å². The highest BCUT2D eigenvalue weighted by molar-refractivity contribution is 5.82. The molecule has 3 rings (SSSR count). The second-order valence-electron chi connectivity index (χ2n) is 5.66. The van der Waals surface area contributed by atoms with E-state index in [0.717, 1.165) is 24.8 Å². The first-order valence-corrected chi connectivity index (χ1v) is 6.74. The van der Waals surface area contributed by atoms with Crippen molar-refractivity contribution in [2.45, 2.75) is 50.1 Å². The summed E-state index contributed by atoms with van der Waals surface area (Å²) in [6, 6.07) is 8.40. The number of fused-ring (bicyclic) bond motifs is 1. The molecule has 0 radical (unpaired) electrons. The SMILES string of the molecule is CC1CCC(NC2CC2)(C(=O)O)c2ccccc21. The van der Waals surface area contributed by atoms with Gasteiger partial charge in [-0.1, -0.05) is 31.2 Å². The lowest BCUT2D eigenvalue weighted by molar-refractivity contribution is -0.146. The Morgan fingerprint density at radius 3 is 2.72 bits per heavy atom. The summed E-state index contributed by atoms with van der Waals surface area (Å²) < 4.78 is 0. The number of hydrogen-bond donors (Lipinski definition) is 2. The van der Waals surface area contributed by atoms with Crippen LogP contribution < -0.4 is 5.32 Å². The Hall–Kier alpha value is -1.35. The van der Waals surface area contributed by atoms with Crippen LogP contribution in [0.3, 0.4) is 0 Å². The zero-order valence-electron chi connectivity index (χ0n) is 10.6. The van der Waals surface area contributed by atoms with Crippen LogP contribution in [-0.4, -0.2) is 17.1 Å². The van der Waals surface area contributed by atoms with Crippen LogP contribution in [0.1, 0.15) is 49.7 Å². The fraction of sp³-hybridized carbons (Fsp3) is 0.533. The standard InChI is InChI=1S/C15H19NO2/c1-10-8-9-15(14(17)18,16-11-6-7-11)13-5-3-2-4-12(10)13/h2-5,10-11,16H,6-9H2,1H3,(H,17,18). The van der Waals surface area contributed by atoms with Gasteiger partial charge in [0.15, 0.2) is 0 Å². The summed E-state index contributed by atoms with van der Waals surface area (Å²) in [4.78, 5) is 11.8. The lowest BCUT2D eigenvalue weighted by Crippen LogP contribution is -2.52. The Morgan fingerprint density at radius 2 is 2.06 bits per heavy atom. The minimum Gasteiger partial charge on any atom is -0.480 e. The molecule has 0 spiro atoms. The van der Waals surface area contributed by atoms with Gasteiger partial charge in [0.25, 0.3) is 0 Å². The maximum Gasteiger partial charge on any atom is 0.328 e. The second-order valence-corrected chi connectivity index (χ2v) is 5.66. The molecule has 0 amide bonds. The molecule has 2 atom stereocenters. The highest BCUT2D eigenvalue weighted by atomic mass is 16.4. The number of carboxylic acid groups (broad SMARTS) is 1. The van der Waals surface area contributed by atoms with Crippen LogP contribution in [-0.2, 0) is 10.3 Å². The topological polar surface area (TPSA) is 49.3 Å². The first-order valence-electron chi connectivity index (χ1n) is 6.74. The normalized spacial score (nSPS) is 30.8. The van der Waals surface area contributed by atoms with Gasteiger partial charge < -0.3 is 5.11 Å². The summed E-state index contributed by atoms with van der Waals surface area (Å²) in [5.74, 6) is -0.275. The smallest absolute Gasteiger partial charge is 0.328 e. The zero-order chi connectivity index (χ0) is 12.8. The third-order valence-corrected chi connectivity index (χ3v) is 4.30. The Kier molecular flexibility index (Phi) is 2.67. The van der Waals surface area contributed by atoms with Gasteiger partial charge in [0.1, 0.15) is 5.54 Å². The third-order valence-electron chi connectivity index (χ3n) is 4.30. The van der Waals surface area contributed by atoms with Gasteiger partial charge in [0.2, 0.25) is 0 Å². The number of benzene rings is 1. The number of carboxylic acids is 1. The molecule has 3 heteroatoms. The number of rotatable bonds is 3. The quantitative estimate of drug-likeness (QED) is 0.860. The lowest BCUT2D eigenvalue weighted by Gasteiger charge is -2.39. The zero-order valence-corrected chi connectivity index (χ0v) is 10.6. The van der Waals surface area contributed by atoms with E-state index in [1.807, 2.05) is 18.2 Å². The number of aliphatic carboxylic acids is 1. The molecule has 18 heavy (non-hydrogen) atoms. The predicted molar refractivity (Wildman–Crippen MR) is 69.6 cm³/mol. The lowest BCUT2D eigenvalue weighted by atomic mass is 9.72. The molecule has 96 valence electrons. The largest absolute Gasteiger partial charge is 0.480 e. The van der Waals surface area contributed by atoms with E-state index in [9.17, 15) is 9.90 Å². The fourth-order valence-corrected chi connectivity index (χ4v) is 3.05. The van der Waals surface area contributed by atoms with E-state index in [1.54, 1.807) is 0 Å². The van der Waals surface area contributed by atoms with Crippen molar-refractivity contribution in [1.82, 2.24) is 5.32 Å². The molecule has 0 aromatic heterocycles. The minimum absolute atomic E-state index is 0.391. The average Bonchev–Trinajstić information content (AvgIpc) is 3.17. The van der Waals surface area contributed by atoms with Crippen LogP contribution in [0.5, 0.6) is 0 Å². The molecule has 2 N–H and O–H groups in total. The number of nitrogens with one attached hydrogen (secondary N) is 1. The molecule has 2 aliphatic carbocycles. The molecule has 1 aromatic carbocycles. The predicted octanol–water partition coefficient (Wildman–Crippen LogP) is 2.62. The van der Waals surface area contributed by atoms with Crippen molar-refractivity contribution in [2.24, 2.45) is 0 Å². The summed E-state index contributed by atoms with van der Waals surface area (Å²) in [5, 5.41) is 13.1. The molecule has 1 saturated carbocycles. The number of hydrogen-bond acceptors (Lipinski definition) is 2. The van der Waals surface area contributed by atoms with Crippen LogP contribution in [0.25, 0.3) is 0 Å². The summed E-state index contributed by atoms with van der Waals surface area (Å²) in [7, 11) is 0.